The van der Waals surface area contributed by atoms with E-state index in [9.17, 15) is 5.11 Å². The zero-order valence-corrected chi connectivity index (χ0v) is 14.3. The highest BCUT2D eigenvalue weighted by Crippen LogP contribution is 2.23. The molecule has 0 saturated carbocycles. The Hall–Kier alpha value is -1.36. The van der Waals surface area contributed by atoms with Crippen molar-refractivity contribution in [2.24, 2.45) is 0 Å². The minimum Gasteiger partial charge on any atom is -0.395 e. The molecule has 1 unspecified atom stereocenters. The molecular weight excluding hydrogens is 310 g/mol. The Bertz CT molecular complexity index is 677. The van der Waals surface area contributed by atoms with Crippen molar-refractivity contribution < 1.29 is 5.11 Å². The minimum atomic E-state index is 0.256. The van der Waals surface area contributed by atoms with Crippen molar-refractivity contribution in [2.75, 3.05) is 31.6 Å². The summed E-state index contributed by atoms with van der Waals surface area (Å²) in [6, 6.07) is 8.22. The molecule has 0 amide bonds. The Balaban J connectivity index is 1.65. The lowest BCUT2D eigenvalue weighted by Crippen LogP contribution is -2.44. The van der Waals surface area contributed by atoms with Gasteiger partial charge in [-0.15, -0.1) is 0 Å². The Morgan fingerprint density at radius 1 is 1.35 bits per heavy atom. The van der Waals surface area contributed by atoms with Gasteiger partial charge in [0.05, 0.1) is 12.1 Å². The summed E-state index contributed by atoms with van der Waals surface area (Å²) in [5, 5.41) is 14.7. The summed E-state index contributed by atoms with van der Waals surface area (Å²) < 4.78 is 0. The molecule has 2 aromatic rings. The molecule has 4 nitrogen and oxygen atoms in total. The van der Waals surface area contributed by atoms with Crippen LogP contribution in [0.25, 0.3) is 10.9 Å². The first-order valence-electron chi connectivity index (χ1n) is 8.33. The summed E-state index contributed by atoms with van der Waals surface area (Å²) in [6.45, 7) is 5.18. The fourth-order valence-corrected chi connectivity index (χ4v) is 3.52. The van der Waals surface area contributed by atoms with E-state index in [-0.39, 0.29) is 6.61 Å². The number of anilines is 1. The Labute approximate surface area is 142 Å². The number of benzene rings is 1. The van der Waals surface area contributed by atoms with Crippen LogP contribution in [0.1, 0.15) is 24.8 Å². The van der Waals surface area contributed by atoms with Crippen molar-refractivity contribution >= 4 is 28.3 Å². The van der Waals surface area contributed by atoms with Crippen LogP contribution in [0.4, 0.5) is 5.82 Å². The number of halogens is 1. The van der Waals surface area contributed by atoms with E-state index >= 15 is 0 Å². The van der Waals surface area contributed by atoms with E-state index < -0.39 is 0 Å². The number of fused-ring (bicyclic) bond motifs is 1. The van der Waals surface area contributed by atoms with Crippen LogP contribution in [0.15, 0.2) is 24.3 Å². The van der Waals surface area contributed by atoms with Gasteiger partial charge in [0.15, 0.2) is 0 Å². The maximum Gasteiger partial charge on any atom is 0.126 e. The summed E-state index contributed by atoms with van der Waals surface area (Å²) in [7, 11) is 0. The normalized spacial score (nSPS) is 19.2. The summed E-state index contributed by atoms with van der Waals surface area (Å²) in [5.41, 5.74) is 2.12. The molecule has 23 heavy (non-hydrogen) atoms. The molecule has 1 aliphatic rings. The summed E-state index contributed by atoms with van der Waals surface area (Å²) in [4.78, 5) is 7.03. The number of aliphatic hydroxyl groups excluding tert-OH is 1. The number of aliphatic hydroxyl groups is 1. The van der Waals surface area contributed by atoms with E-state index in [1.165, 1.54) is 18.4 Å². The second kappa shape index (κ2) is 7.47. The Morgan fingerprint density at radius 3 is 3.04 bits per heavy atom. The van der Waals surface area contributed by atoms with Crippen LogP contribution in [0.5, 0.6) is 0 Å². The maximum atomic E-state index is 9.47. The van der Waals surface area contributed by atoms with Crippen molar-refractivity contribution in [3.05, 3.63) is 34.9 Å². The number of likely N-dealkylation sites (tertiary alicyclic amines) is 1. The summed E-state index contributed by atoms with van der Waals surface area (Å²) in [5.74, 6) is 0.884. The topological polar surface area (TPSA) is 48.4 Å². The average molecular weight is 334 g/mol. The molecule has 1 aromatic carbocycles. The van der Waals surface area contributed by atoms with E-state index in [4.69, 9.17) is 11.6 Å². The molecule has 1 aromatic heterocycles. The minimum absolute atomic E-state index is 0.256. The molecule has 0 aliphatic carbocycles. The molecule has 1 atom stereocenters. The van der Waals surface area contributed by atoms with Gasteiger partial charge in [0, 0.05) is 29.5 Å². The number of pyridine rings is 1. The van der Waals surface area contributed by atoms with Gasteiger partial charge in [-0.3, -0.25) is 4.90 Å². The number of rotatable bonds is 5. The zero-order valence-electron chi connectivity index (χ0n) is 13.6. The van der Waals surface area contributed by atoms with Gasteiger partial charge in [-0.25, -0.2) is 4.98 Å². The molecule has 0 spiro atoms. The maximum absolute atomic E-state index is 9.47. The number of aryl methyl sites for hydroxylation is 1. The van der Waals surface area contributed by atoms with Crippen LogP contribution in [0.2, 0.25) is 5.02 Å². The van der Waals surface area contributed by atoms with Gasteiger partial charge in [-0.1, -0.05) is 24.1 Å². The van der Waals surface area contributed by atoms with Crippen LogP contribution < -0.4 is 5.32 Å². The highest BCUT2D eigenvalue weighted by atomic mass is 35.5. The molecule has 2 N–H and O–H groups in total. The van der Waals surface area contributed by atoms with Gasteiger partial charge < -0.3 is 10.4 Å². The Kier molecular flexibility index (Phi) is 5.36. The predicted molar refractivity (Wildman–Crippen MR) is 96.3 cm³/mol. The molecule has 5 heteroatoms. The molecule has 124 valence electrons. The predicted octanol–water partition coefficient (Wildman–Crippen LogP) is 3.46. The largest absolute Gasteiger partial charge is 0.395 e. The smallest absolute Gasteiger partial charge is 0.126 e. The van der Waals surface area contributed by atoms with E-state index in [0.29, 0.717) is 11.1 Å². The van der Waals surface area contributed by atoms with Crippen LogP contribution in [-0.4, -0.2) is 47.3 Å². The highest BCUT2D eigenvalue weighted by molar-refractivity contribution is 6.31. The first-order valence-corrected chi connectivity index (χ1v) is 8.71. The van der Waals surface area contributed by atoms with Gasteiger partial charge in [0.1, 0.15) is 5.82 Å². The van der Waals surface area contributed by atoms with Crippen molar-refractivity contribution in [1.82, 2.24) is 9.88 Å². The second-order valence-corrected chi connectivity index (χ2v) is 6.72. The lowest BCUT2D eigenvalue weighted by atomic mass is 10.0. The third kappa shape index (κ3) is 3.94. The molecule has 0 radical (unpaired) electrons. The van der Waals surface area contributed by atoms with Gasteiger partial charge in [0.2, 0.25) is 0 Å². The zero-order chi connectivity index (χ0) is 16.2. The number of hydrogen-bond acceptors (Lipinski definition) is 4. The number of hydrogen-bond donors (Lipinski definition) is 2. The fourth-order valence-electron chi connectivity index (χ4n) is 3.35. The molecular formula is C18H24ClN3O. The first kappa shape index (κ1) is 16.5. The fraction of sp³-hybridized carbons (Fsp3) is 0.500. The van der Waals surface area contributed by atoms with Gasteiger partial charge in [0.25, 0.3) is 0 Å². The van der Waals surface area contributed by atoms with E-state index in [0.717, 1.165) is 42.8 Å². The van der Waals surface area contributed by atoms with Gasteiger partial charge in [-0.05, 0) is 50.1 Å². The third-order valence-electron chi connectivity index (χ3n) is 4.64. The quantitative estimate of drug-likeness (QED) is 0.879. The average Bonchev–Trinajstić information content (AvgIpc) is 2.55. The monoisotopic (exact) mass is 333 g/mol. The van der Waals surface area contributed by atoms with Crippen molar-refractivity contribution in [3.63, 3.8) is 0 Å². The van der Waals surface area contributed by atoms with E-state index in [1.54, 1.807) is 0 Å². The van der Waals surface area contributed by atoms with Crippen LogP contribution in [0.3, 0.4) is 0 Å². The molecule has 2 heterocycles. The number of aromatic nitrogens is 1. The van der Waals surface area contributed by atoms with Gasteiger partial charge in [-0.2, -0.15) is 0 Å². The standard InChI is InChI=1S/C18H24ClN3O/c1-13-10-18(21-17-11-14(19)5-6-16(13)17)20-7-9-22-8-3-2-4-15(22)12-23/h5-6,10-11,15,23H,2-4,7-9,12H2,1H3,(H,20,21). The Morgan fingerprint density at radius 2 is 2.22 bits per heavy atom. The van der Waals surface area contributed by atoms with Crippen molar-refractivity contribution in [2.45, 2.75) is 32.2 Å². The molecule has 1 fully saturated rings. The van der Waals surface area contributed by atoms with E-state index in [2.05, 4.69) is 28.2 Å². The van der Waals surface area contributed by atoms with Crippen LogP contribution >= 0.6 is 11.6 Å². The number of piperidine rings is 1. The SMILES string of the molecule is Cc1cc(NCCN2CCCCC2CO)nc2cc(Cl)ccc12. The van der Waals surface area contributed by atoms with Crippen molar-refractivity contribution in [1.29, 1.82) is 0 Å². The third-order valence-corrected chi connectivity index (χ3v) is 4.88. The summed E-state index contributed by atoms with van der Waals surface area (Å²) >= 11 is 6.07. The molecule has 0 bridgehead atoms. The lowest BCUT2D eigenvalue weighted by molar-refractivity contribution is 0.0940. The molecule has 3 rings (SSSR count). The van der Waals surface area contributed by atoms with E-state index in [1.807, 2.05) is 18.2 Å². The number of nitrogens with one attached hydrogen (secondary N) is 1. The summed E-state index contributed by atoms with van der Waals surface area (Å²) in [6.07, 6.45) is 3.55. The van der Waals surface area contributed by atoms with Crippen molar-refractivity contribution in [3.8, 4) is 0 Å². The van der Waals surface area contributed by atoms with Crippen LogP contribution in [-0.2, 0) is 0 Å². The van der Waals surface area contributed by atoms with Crippen LogP contribution in [0, 0.1) is 6.92 Å². The lowest BCUT2D eigenvalue weighted by Gasteiger charge is -2.34. The van der Waals surface area contributed by atoms with Gasteiger partial charge >= 0.3 is 0 Å². The molecule has 1 saturated heterocycles. The first-order chi connectivity index (χ1) is 11.2. The molecule has 1 aliphatic heterocycles. The second-order valence-electron chi connectivity index (χ2n) is 6.28. The number of nitrogens with zero attached hydrogens (tertiary/aromatic N) is 2. The highest BCUT2D eigenvalue weighted by Gasteiger charge is 2.20.